The molecule has 22 heavy (non-hydrogen) atoms. The standard InChI is InChI=1S/C16H16ClNO4/c17-13-10-12(6-7-14(13)22-9-8-19)16(21,15(18)20)11-4-2-1-3-5-11/h1-7,10,19,21H,8-9H2,(H2,18,20). The summed E-state index contributed by atoms with van der Waals surface area (Å²) in [5.41, 5.74) is 4.01. The Morgan fingerprint density at radius 1 is 1.18 bits per heavy atom. The Morgan fingerprint density at radius 2 is 1.86 bits per heavy atom. The number of halogens is 1. The van der Waals surface area contributed by atoms with E-state index < -0.39 is 11.5 Å². The van der Waals surface area contributed by atoms with Gasteiger partial charge in [-0.1, -0.05) is 48.0 Å². The molecular formula is C16H16ClNO4. The zero-order valence-corrected chi connectivity index (χ0v) is 12.5. The second-order valence-electron chi connectivity index (χ2n) is 4.66. The minimum atomic E-state index is -1.99. The SMILES string of the molecule is NC(=O)C(O)(c1ccccc1)c1ccc(OCCO)c(Cl)c1. The number of carbonyl (C=O) groups excluding carboxylic acids is 1. The van der Waals surface area contributed by atoms with Gasteiger partial charge in [-0.05, 0) is 23.3 Å². The van der Waals surface area contributed by atoms with Gasteiger partial charge in [-0.25, -0.2) is 0 Å². The van der Waals surface area contributed by atoms with Gasteiger partial charge in [0.2, 0.25) is 0 Å². The molecule has 0 heterocycles. The van der Waals surface area contributed by atoms with Crippen molar-refractivity contribution >= 4 is 17.5 Å². The molecule has 0 fully saturated rings. The summed E-state index contributed by atoms with van der Waals surface area (Å²) >= 11 is 6.09. The number of benzene rings is 2. The van der Waals surface area contributed by atoms with Crippen LogP contribution in [0.2, 0.25) is 5.02 Å². The molecule has 1 atom stereocenters. The van der Waals surface area contributed by atoms with Crippen molar-refractivity contribution in [2.45, 2.75) is 5.60 Å². The van der Waals surface area contributed by atoms with Crippen molar-refractivity contribution in [2.75, 3.05) is 13.2 Å². The summed E-state index contributed by atoms with van der Waals surface area (Å²) in [6, 6.07) is 12.8. The molecule has 2 rings (SSSR count). The Morgan fingerprint density at radius 3 is 2.41 bits per heavy atom. The third-order valence-corrected chi connectivity index (χ3v) is 3.54. The van der Waals surface area contributed by atoms with Gasteiger partial charge in [0.15, 0.2) is 5.60 Å². The van der Waals surface area contributed by atoms with Crippen LogP contribution < -0.4 is 10.5 Å². The van der Waals surface area contributed by atoms with E-state index >= 15 is 0 Å². The van der Waals surface area contributed by atoms with E-state index in [4.69, 9.17) is 27.2 Å². The van der Waals surface area contributed by atoms with Crippen LogP contribution in [0.25, 0.3) is 0 Å². The number of rotatable bonds is 6. The fraction of sp³-hybridized carbons (Fsp3) is 0.188. The predicted molar refractivity (Wildman–Crippen MR) is 82.7 cm³/mol. The monoisotopic (exact) mass is 321 g/mol. The molecule has 4 N–H and O–H groups in total. The Balaban J connectivity index is 2.46. The topological polar surface area (TPSA) is 92.8 Å². The van der Waals surface area contributed by atoms with Crippen LogP contribution in [0, 0.1) is 0 Å². The number of aliphatic hydroxyl groups excluding tert-OH is 1. The molecule has 116 valence electrons. The smallest absolute Gasteiger partial charge is 0.258 e. The lowest BCUT2D eigenvalue weighted by atomic mass is 9.85. The van der Waals surface area contributed by atoms with Crippen molar-refractivity contribution in [1.29, 1.82) is 0 Å². The molecule has 0 spiro atoms. The maximum Gasteiger partial charge on any atom is 0.258 e. The molecule has 0 bridgehead atoms. The van der Waals surface area contributed by atoms with Crippen molar-refractivity contribution < 1.29 is 19.7 Å². The minimum absolute atomic E-state index is 0.0951. The summed E-state index contributed by atoms with van der Waals surface area (Å²) in [7, 11) is 0. The number of carbonyl (C=O) groups is 1. The number of primary amides is 1. The Hall–Kier alpha value is -2.08. The van der Waals surface area contributed by atoms with Gasteiger partial charge in [0.1, 0.15) is 12.4 Å². The van der Waals surface area contributed by atoms with Crippen LogP contribution in [0.1, 0.15) is 11.1 Å². The lowest BCUT2D eigenvalue weighted by molar-refractivity contribution is -0.133. The first-order chi connectivity index (χ1) is 10.5. The number of hydrogen-bond donors (Lipinski definition) is 3. The Labute approximate surface area is 132 Å². The first-order valence-corrected chi connectivity index (χ1v) is 6.99. The Kier molecular flexibility index (Phi) is 5.03. The summed E-state index contributed by atoms with van der Waals surface area (Å²) in [4.78, 5) is 11.9. The predicted octanol–water partition coefficient (Wildman–Crippen LogP) is 1.43. The van der Waals surface area contributed by atoms with Crippen LogP contribution >= 0.6 is 11.6 Å². The molecule has 1 unspecified atom stereocenters. The quantitative estimate of drug-likeness (QED) is 0.750. The largest absolute Gasteiger partial charge is 0.490 e. The summed E-state index contributed by atoms with van der Waals surface area (Å²) < 4.78 is 5.24. The van der Waals surface area contributed by atoms with Crippen molar-refractivity contribution in [3.63, 3.8) is 0 Å². The van der Waals surface area contributed by atoms with E-state index in [1.54, 1.807) is 30.3 Å². The van der Waals surface area contributed by atoms with E-state index in [1.807, 2.05) is 0 Å². The maximum absolute atomic E-state index is 11.9. The van der Waals surface area contributed by atoms with E-state index in [0.717, 1.165) is 0 Å². The van der Waals surface area contributed by atoms with Gasteiger partial charge in [0.25, 0.3) is 5.91 Å². The van der Waals surface area contributed by atoms with E-state index in [1.165, 1.54) is 18.2 Å². The molecule has 0 saturated heterocycles. The summed E-state index contributed by atoms with van der Waals surface area (Å²) in [5.74, 6) is -0.557. The van der Waals surface area contributed by atoms with E-state index in [-0.39, 0.29) is 23.8 Å². The Bertz CT molecular complexity index is 662. The van der Waals surface area contributed by atoms with Gasteiger partial charge in [-0.3, -0.25) is 4.79 Å². The van der Waals surface area contributed by atoms with Crippen LogP contribution in [0.3, 0.4) is 0 Å². The number of hydrogen-bond acceptors (Lipinski definition) is 4. The van der Waals surface area contributed by atoms with Crippen LogP contribution in [0.5, 0.6) is 5.75 Å². The van der Waals surface area contributed by atoms with Crippen LogP contribution in [-0.2, 0) is 10.4 Å². The number of aliphatic hydroxyl groups is 2. The highest BCUT2D eigenvalue weighted by Crippen LogP contribution is 2.34. The zero-order chi connectivity index (χ0) is 16.2. The van der Waals surface area contributed by atoms with Crippen molar-refractivity contribution in [3.8, 4) is 5.75 Å². The highest BCUT2D eigenvalue weighted by molar-refractivity contribution is 6.32. The molecule has 5 nitrogen and oxygen atoms in total. The van der Waals surface area contributed by atoms with Crippen molar-refractivity contribution in [3.05, 3.63) is 64.7 Å². The second-order valence-corrected chi connectivity index (χ2v) is 5.07. The highest BCUT2D eigenvalue weighted by atomic mass is 35.5. The van der Waals surface area contributed by atoms with Crippen molar-refractivity contribution in [2.24, 2.45) is 5.73 Å². The van der Waals surface area contributed by atoms with Crippen LogP contribution in [0.4, 0.5) is 0 Å². The van der Waals surface area contributed by atoms with E-state index in [0.29, 0.717) is 11.3 Å². The molecule has 2 aromatic rings. The number of amides is 1. The fourth-order valence-electron chi connectivity index (χ4n) is 2.13. The van der Waals surface area contributed by atoms with Crippen LogP contribution in [0.15, 0.2) is 48.5 Å². The average molecular weight is 322 g/mol. The van der Waals surface area contributed by atoms with Gasteiger partial charge < -0.3 is 20.7 Å². The van der Waals surface area contributed by atoms with Crippen LogP contribution in [-0.4, -0.2) is 29.3 Å². The van der Waals surface area contributed by atoms with Crippen molar-refractivity contribution in [1.82, 2.24) is 0 Å². The van der Waals surface area contributed by atoms with Gasteiger partial charge >= 0.3 is 0 Å². The molecule has 2 aromatic carbocycles. The molecule has 0 saturated carbocycles. The normalized spacial score (nSPS) is 13.4. The van der Waals surface area contributed by atoms with Gasteiger partial charge in [-0.2, -0.15) is 0 Å². The molecular weight excluding hydrogens is 306 g/mol. The lowest BCUT2D eigenvalue weighted by Gasteiger charge is -2.26. The molecule has 0 aromatic heterocycles. The zero-order valence-electron chi connectivity index (χ0n) is 11.7. The third-order valence-electron chi connectivity index (χ3n) is 3.25. The van der Waals surface area contributed by atoms with Gasteiger partial charge in [0.05, 0.1) is 11.6 Å². The highest BCUT2D eigenvalue weighted by Gasteiger charge is 2.38. The number of ether oxygens (including phenoxy) is 1. The van der Waals surface area contributed by atoms with Gasteiger partial charge in [0, 0.05) is 0 Å². The minimum Gasteiger partial charge on any atom is -0.490 e. The second kappa shape index (κ2) is 6.79. The summed E-state index contributed by atoms with van der Waals surface area (Å²) in [5, 5.41) is 19.8. The van der Waals surface area contributed by atoms with E-state index in [2.05, 4.69) is 0 Å². The van der Waals surface area contributed by atoms with E-state index in [9.17, 15) is 9.90 Å². The molecule has 0 aliphatic carbocycles. The number of nitrogens with two attached hydrogens (primary N) is 1. The molecule has 0 aliphatic heterocycles. The summed E-state index contributed by atoms with van der Waals surface area (Å²) in [6.45, 7) is -0.0504. The molecule has 0 aliphatic rings. The summed E-state index contributed by atoms with van der Waals surface area (Å²) in [6.07, 6.45) is 0. The third kappa shape index (κ3) is 3.06. The molecule has 6 heteroatoms. The molecule has 0 radical (unpaired) electrons. The maximum atomic E-state index is 11.9. The first-order valence-electron chi connectivity index (χ1n) is 6.61. The first kappa shape index (κ1) is 16.3. The fourth-order valence-corrected chi connectivity index (χ4v) is 2.36. The lowest BCUT2D eigenvalue weighted by Crippen LogP contribution is -2.42. The van der Waals surface area contributed by atoms with Gasteiger partial charge in [-0.15, -0.1) is 0 Å². The molecule has 1 amide bonds. The average Bonchev–Trinajstić information content (AvgIpc) is 2.53.